The van der Waals surface area contributed by atoms with Crippen molar-refractivity contribution in [2.45, 2.75) is 6.18 Å². The Morgan fingerprint density at radius 3 is 2.29 bits per heavy atom. The Labute approximate surface area is 117 Å². The van der Waals surface area contributed by atoms with Gasteiger partial charge in [0.15, 0.2) is 0 Å². The van der Waals surface area contributed by atoms with E-state index in [1.165, 1.54) is 19.2 Å². The molecule has 21 heavy (non-hydrogen) atoms. The summed E-state index contributed by atoms with van der Waals surface area (Å²) >= 11 is 0. The van der Waals surface area contributed by atoms with Crippen LogP contribution in [0.5, 0.6) is 0 Å². The summed E-state index contributed by atoms with van der Waals surface area (Å²) in [4.78, 5) is 23.0. The Bertz CT molecular complexity index is 721. The third kappa shape index (κ3) is 3.47. The van der Waals surface area contributed by atoms with Gasteiger partial charge in [-0.05, 0) is 30.3 Å². The summed E-state index contributed by atoms with van der Waals surface area (Å²) in [5.74, 6) is -0.620. The minimum Gasteiger partial charge on any atom is -0.321 e. The van der Waals surface area contributed by atoms with Crippen molar-refractivity contribution in [3.63, 3.8) is 0 Å². The molecule has 1 aromatic carbocycles. The molecule has 110 valence electrons. The second kappa shape index (κ2) is 5.39. The van der Waals surface area contributed by atoms with Crippen LogP contribution in [0, 0.1) is 0 Å². The van der Waals surface area contributed by atoms with Crippen LogP contribution in [0.3, 0.4) is 0 Å². The highest BCUT2D eigenvalue weighted by Crippen LogP contribution is 2.29. The fourth-order valence-electron chi connectivity index (χ4n) is 1.56. The monoisotopic (exact) mass is 297 g/mol. The third-order valence-corrected chi connectivity index (χ3v) is 2.66. The number of aryl methyl sites for hydroxylation is 1. The van der Waals surface area contributed by atoms with E-state index in [0.717, 1.165) is 28.9 Å². The van der Waals surface area contributed by atoms with Crippen molar-refractivity contribution in [1.29, 1.82) is 0 Å². The van der Waals surface area contributed by atoms with Gasteiger partial charge in [-0.2, -0.15) is 18.3 Å². The van der Waals surface area contributed by atoms with Gasteiger partial charge < -0.3 is 5.32 Å². The van der Waals surface area contributed by atoms with Gasteiger partial charge in [-0.25, -0.2) is 4.68 Å². The average Bonchev–Trinajstić information content (AvgIpc) is 2.41. The van der Waals surface area contributed by atoms with Crippen LogP contribution in [-0.4, -0.2) is 15.7 Å². The molecule has 0 radical (unpaired) electrons. The SMILES string of the molecule is Cn1nc(C(=O)Nc2ccc(C(F)(F)F)cc2)ccc1=O. The third-order valence-electron chi connectivity index (χ3n) is 2.66. The van der Waals surface area contributed by atoms with Crippen molar-refractivity contribution in [3.8, 4) is 0 Å². The lowest BCUT2D eigenvalue weighted by atomic mass is 10.2. The Hall–Kier alpha value is -2.64. The maximum atomic E-state index is 12.4. The number of amides is 1. The zero-order valence-corrected chi connectivity index (χ0v) is 10.8. The molecule has 0 aliphatic heterocycles. The van der Waals surface area contributed by atoms with Gasteiger partial charge in [-0.3, -0.25) is 9.59 Å². The maximum Gasteiger partial charge on any atom is 0.416 e. The molecule has 0 fully saturated rings. The standard InChI is InChI=1S/C13H10F3N3O2/c1-19-11(20)7-6-10(18-19)12(21)17-9-4-2-8(3-5-9)13(14,15)16/h2-7H,1H3,(H,17,21). The van der Waals surface area contributed by atoms with Crippen LogP contribution in [0.25, 0.3) is 0 Å². The number of rotatable bonds is 2. The van der Waals surface area contributed by atoms with Crippen LogP contribution in [0.15, 0.2) is 41.2 Å². The van der Waals surface area contributed by atoms with E-state index in [9.17, 15) is 22.8 Å². The van der Waals surface area contributed by atoms with E-state index in [4.69, 9.17) is 0 Å². The highest BCUT2D eigenvalue weighted by Gasteiger charge is 2.30. The molecule has 1 aromatic heterocycles. The minimum atomic E-state index is -4.43. The molecule has 0 unspecified atom stereocenters. The number of anilines is 1. The van der Waals surface area contributed by atoms with Crippen LogP contribution in [0.2, 0.25) is 0 Å². The molecular formula is C13H10F3N3O2. The predicted molar refractivity (Wildman–Crippen MR) is 68.9 cm³/mol. The molecule has 0 saturated carbocycles. The molecular weight excluding hydrogens is 287 g/mol. The van der Waals surface area contributed by atoms with Crippen molar-refractivity contribution >= 4 is 11.6 Å². The lowest BCUT2D eigenvalue weighted by Crippen LogP contribution is -2.23. The van der Waals surface area contributed by atoms with Gasteiger partial charge in [-0.1, -0.05) is 0 Å². The number of hydrogen-bond acceptors (Lipinski definition) is 3. The molecule has 5 nitrogen and oxygen atoms in total. The zero-order chi connectivity index (χ0) is 15.6. The first-order chi connectivity index (χ1) is 9.77. The highest BCUT2D eigenvalue weighted by atomic mass is 19.4. The highest BCUT2D eigenvalue weighted by molar-refractivity contribution is 6.02. The summed E-state index contributed by atoms with van der Waals surface area (Å²) in [6, 6.07) is 6.43. The van der Waals surface area contributed by atoms with Crippen molar-refractivity contribution in [2.24, 2.45) is 7.05 Å². The summed E-state index contributed by atoms with van der Waals surface area (Å²) < 4.78 is 38.2. The maximum absolute atomic E-state index is 12.4. The molecule has 0 aliphatic rings. The van der Waals surface area contributed by atoms with E-state index in [2.05, 4.69) is 10.4 Å². The number of alkyl halides is 3. The number of hydrogen-bond donors (Lipinski definition) is 1. The summed E-state index contributed by atoms with van der Waals surface area (Å²) in [7, 11) is 1.39. The van der Waals surface area contributed by atoms with Gasteiger partial charge in [0.2, 0.25) is 0 Å². The topological polar surface area (TPSA) is 64.0 Å². The van der Waals surface area contributed by atoms with E-state index in [-0.39, 0.29) is 16.9 Å². The molecule has 1 amide bonds. The molecule has 1 N–H and O–H groups in total. The summed E-state index contributed by atoms with van der Waals surface area (Å²) in [5.41, 5.74) is -0.998. The van der Waals surface area contributed by atoms with Gasteiger partial charge in [0.25, 0.3) is 11.5 Å². The fraction of sp³-hybridized carbons (Fsp3) is 0.154. The Morgan fingerprint density at radius 2 is 1.76 bits per heavy atom. The van der Waals surface area contributed by atoms with E-state index < -0.39 is 17.6 Å². The van der Waals surface area contributed by atoms with E-state index in [1.54, 1.807) is 0 Å². The van der Waals surface area contributed by atoms with Crippen molar-refractivity contribution in [2.75, 3.05) is 5.32 Å². The molecule has 2 aromatic rings. The normalized spacial score (nSPS) is 11.2. The molecule has 1 heterocycles. The Morgan fingerprint density at radius 1 is 1.14 bits per heavy atom. The van der Waals surface area contributed by atoms with Gasteiger partial charge in [0.1, 0.15) is 5.69 Å². The lowest BCUT2D eigenvalue weighted by molar-refractivity contribution is -0.137. The molecule has 0 spiro atoms. The summed E-state index contributed by atoms with van der Waals surface area (Å²) in [6.07, 6.45) is -4.43. The molecule has 0 aliphatic carbocycles. The van der Waals surface area contributed by atoms with Gasteiger partial charge in [0.05, 0.1) is 5.56 Å². The Balaban J connectivity index is 2.16. The minimum absolute atomic E-state index is 0.0167. The first-order valence-electron chi connectivity index (χ1n) is 5.80. The van der Waals surface area contributed by atoms with Gasteiger partial charge in [0, 0.05) is 18.8 Å². The fourth-order valence-corrected chi connectivity index (χ4v) is 1.56. The van der Waals surface area contributed by atoms with Gasteiger partial charge >= 0.3 is 6.18 Å². The van der Waals surface area contributed by atoms with Crippen LogP contribution >= 0.6 is 0 Å². The van der Waals surface area contributed by atoms with Crippen molar-refractivity contribution in [1.82, 2.24) is 9.78 Å². The molecule has 8 heteroatoms. The average molecular weight is 297 g/mol. The Kier molecular flexibility index (Phi) is 3.79. The lowest BCUT2D eigenvalue weighted by Gasteiger charge is -2.08. The number of carbonyl (C=O) groups excluding carboxylic acids is 1. The number of nitrogens with one attached hydrogen (secondary N) is 1. The number of aromatic nitrogens is 2. The van der Waals surface area contributed by atoms with Crippen LogP contribution in [0.4, 0.5) is 18.9 Å². The first kappa shape index (κ1) is 14.8. The summed E-state index contributed by atoms with van der Waals surface area (Å²) in [6.45, 7) is 0. The zero-order valence-electron chi connectivity index (χ0n) is 10.8. The second-order valence-corrected chi connectivity index (χ2v) is 4.21. The number of nitrogens with zero attached hydrogens (tertiary/aromatic N) is 2. The molecule has 0 saturated heterocycles. The quantitative estimate of drug-likeness (QED) is 0.922. The van der Waals surface area contributed by atoms with Gasteiger partial charge in [-0.15, -0.1) is 0 Å². The first-order valence-corrected chi connectivity index (χ1v) is 5.80. The van der Waals surface area contributed by atoms with Crippen LogP contribution in [-0.2, 0) is 13.2 Å². The second-order valence-electron chi connectivity index (χ2n) is 4.21. The number of carbonyl (C=O) groups is 1. The van der Waals surface area contributed by atoms with E-state index >= 15 is 0 Å². The van der Waals surface area contributed by atoms with Crippen LogP contribution in [0.1, 0.15) is 16.1 Å². The summed E-state index contributed by atoms with van der Waals surface area (Å²) in [5, 5.41) is 6.14. The molecule has 0 bridgehead atoms. The van der Waals surface area contributed by atoms with Crippen molar-refractivity contribution in [3.05, 3.63) is 58.0 Å². The number of benzene rings is 1. The van der Waals surface area contributed by atoms with Crippen LogP contribution < -0.4 is 10.9 Å². The van der Waals surface area contributed by atoms with E-state index in [1.807, 2.05) is 0 Å². The molecule has 0 atom stereocenters. The smallest absolute Gasteiger partial charge is 0.321 e. The number of halogens is 3. The largest absolute Gasteiger partial charge is 0.416 e. The van der Waals surface area contributed by atoms with E-state index in [0.29, 0.717) is 0 Å². The predicted octanol–water partition coefficient (Wildman–Crippen LogP) is 2.05. The molecule has 2 rings (SSSR count). The van der Waals surface area contributed by atoms with Crippen molar-refractivity contribution < 1.29 is 18.0 Å².